The molecule has 0 heterocycles. The Kier molecular flexibility index (Phi) is 6.36. The van der Waals surface area contributed by atoms with Crippen molar-refractivity contribution in [3.8, 4) is 5.75 Å². The summed E-state index contributed by atoms with van der Waals surface area (Å²) in [5.41, 5.74) is 1.01. The number of hydrogen-bond acceptors (Lipinski definition) is 2. The van der Waals surface area contributed by atoms with E-state index in [1.807, 2.05) is 13.0 Å². The summed E-state index contributed by atoms with van der Waals surface area (Å²) < 4.78 is 29.0. The maximum absolute atomic E-state index is 12.0. The number of nitrogens with one attached hydrogen (secondary N) is 1. The molecule has 102 valence electrons. The largest absolute Gasteiger partial charge is 0.486 e. The van der Waals surface area contributed by atoms with Crippen LogP contribution in [0.1, 0.15) is 31.9 Å². The predicted molar refractivity (Wildman–Crippen MR) is 69.7 cm³/mol. The first-order valence-electron chi connectivity index (χ1n) is 5.98. The second-order valence-corrected chi connectivity index (χ2v) is 4.47. The zero-order valence-corrected chi connectivity index (χ0v) is 11.3. The van der Waals surface area contributed by atoms with Gasteiger partial charge in [-0.05, 0) is 37.6 Å². The van der Waals surface area contributed by atoms with Gasteiger partial charge in [-0.2, -0.15) is 0 Å². The molecule has 5 heteroatoms. The summed E-state index contributed by atoms with van der Waals surface area (Å²) >= 11 is 5.99. The van der Waals surface area contributed by atoms with Gasteiger partial charge in [0.25, 0.3) is 6.43 Å². The number of benzene rings is 1. The first-order valence-corrected chi connectivity index (χ1v) is 6.36. The molecule has 1 aromatic carbocycles. The van der Waals surface area contributed by atoms with E-state index in [4.69, 9.17) is 16.3 Å². The zero-order valence-electron chi connectivity index (χ0n) is 10.6. The molecule has 1 unspecified atom stereocenters. The summed E-state index contributed by atoms with van der Waals surface area (Å²) in [5, 5.41) is 3.69. The van der Waals surface area contributed by atoms with Crippen molar-refractivity contribution in [1.29, 1.82) is 0 Å². The molecule has 1 N–H and O–H groups in total. The lowest BCUT2D eigenvalue weighted by atomic mass is 10.1. The fourth-order valence-corrected chi connectivity index (χ4v) is 1.78. The standard InChI is InChI=1S/C13H18ClF2NO/c1-3-6-17-9(2)10-4-5-12(11(14)7-10)18-8-13(15)16/h4-5,7,9,13,17H,3,6,8H2,1-2H3. The summed E-state index contributed by atoms with van der Waals surface area (Å²) in [4.78, 5) is 0. The molecule has 1 atom stereocenters. The third-order valence-electron chi connectivity index (χ3n) is 2.52. The van der Waals surface area contributed by atoms with E-state index in [1.165, 1.54) is 0 Å². The van der Waals surface area contributed by atoms with Crippen molar-refractivity contribution in [2.75, 3.05) is 13.2 Å². The molecule has 18 heavy (non-hydrogen) atoms. The molecule has 0 aromatic heterocycles. The maximum Gasteiger partial charge on any atom is 0.272 e. The van der Waals surface area contributed by atoms with E-state index in [-0.39, 0.29) is 6.04 Å². The van der Waals surface area contributed by atoms with E-state index in [0.29, 0.717) is 10.8 Å². The van der Waals surface area contributed by atoms with Gasteiger partial charge in [0.2, 0.25) is 0 Å². The van der Waals surface area contributed by atoms with E-state index in [9.17, 15) is 8.78 Å². The van der Waals surface area contributed by atoms with Gasteiger partial charge in [0.15, 0.2) is 0 Å². The van der Waals surface area contributed by atoms with Gasteiger partial charge in [-0.25, -0.2) is 8.78 Å². The fourth-order valence-electron chi connectivity index (χ4n) is 1.53. The van der Waals surface area contributed by atoms with Crippen LogP contribution in [-0.4, -0.2) is 19.6 Å². The van der Waals surface area contributed by atoms with Crippen molar-refractivity contribution in [2.45, 2.75) is 32.7 Å². The normalized spacial score (nSPS) is 12.8. The van der Waals surface area contributed by atoms with Crippen molar-refractivity contribution in [1.82, 2.24) is 5.32 Å². The third kappa shape index (κ3) is 4.78. The Morgan fingerprint density at radius 3 is 2.67 bits per heavy atom. The minimum Gasteiger partial charge on any atom is -0.486 e. The van der Waals surface area contributed by atoms with Crippen LogP contribution in [0.15, 0.2) is 18.2 Å². The van der Waals surface area contributed by atoms with Gasteiger partial charge in [0, 0.05) is 6.04 Å². The molecular weight excluding hydrogens is 260 g/mol. The lowest BCUT2D eigenvalue weighted by Gasteiger charge is -2.15. The predicted octanol–water partition coefficient (Wildman–Crippen LogP) is 4.04. The average Bonchev–Trinajstić information content (AvgIpc) is 2.34. The first-order chi connectivity index (χ1) is 8.54. The minimum absolute atomic E-state index is 0.173. The number of halogens is 3. The monoisotopic (exact) mass is 277 g/mol. The van der Waals surface area contributed by atoms with Crippen LogP contribution in [0.25, 0.3) is 0 Å². The Hall–Kier alpha value is -0.870. The first kappa shape index (κ1) is 15.2. The second kappa shape index (κ2) is 7.54. The molecule has 0 aliphatic carbocycles. The van der Waals surface area contributed by atoms with Crippen molar-refractivity contribution < 1.29 is 13.5 Å². The topological polar surface area (TPSA) is 21.3 Å². The quantitative estimate of drug-likeness (QED) is 0.812. The van der Waals surface area contributed by atoms with Crippen LogP contribution in [-0.2, 0) is 0 Å². The highest BCUT2D eigenvalue weighted by Gasteiger charge is 2.10. The molecule has 2 nitrogen and oxygen atoms in total. The SMILES string of the molecule is CCCNC(C)c1ccc(OCC(F)F)c(Cl)c1. The molecule has 0 amide bonds. The van der Waals surface area contributed by atoms with Crippen LogP contribution in [0.3, 0.4) is 0 Å². The van der Waals surface area contributed by atoms with Crippen LogP contribution >= 0.6 is 11.6 Å². The Morgan fingerprint density at radius 2 is 2.11 bits per heavy atom. The van der Waals surface area contributed by atoms with Gasteiger partial charge in [-0.15, -0.1) is 0 Å². The molecule has 1 aromatic rings. The van der Waals surface area contributed by atoms with Crippen LogP contribution < -0.4 is 10.1 Å². The highest BCUT2D eigenvalue weighted by molar-refractivity contribution is 6.32. The molecule has 0 aliphatic rings. The number of rotatable bonds is 7. The minimum atomic E-state index is -2.49. The van der Waals surface area contributed by atoms with Crippen molar-refractivity contribution in [3.63, 3.8) is 0 Å². The fraction of sp³-hybridized carbons (Fsp3) is 0.538. The number of alkyl halides is 2. The van der Waals surface area contributed by atoms with Crippen LogP contribution in [0, 0.1) is 0 Å². The van der Waals surface area contributed by atoms with Crippen LogP contribution in [0.2, 0.25) is 5.02 Å². The molecule has 0 bridgehead atoms. The molecule has 0 radical (unpaired) electrons. The van der Waals surface area contributed by atoms with Crippen molar-refractivity contribution >= 4 is 11.6 Å². The molecule has 0 aliphatic heterocycles. The van der Waals surface area contributed by atoms with Crippen molar-refractivity contribution in [2.24, 2.45) is 0 Å². The average molecular weight is 278 g/mol. The highest BCUT2D eigenvalue weighted by atomic mass is 35.5. The molecule has 0 saturated heterocycles. The van der Waals surface area contributed by atoms with Gasteiger partial charge in [0.1, 0.15) is 12.4 Å². The molecule has 0 fully saturated rings. The number of ether oxygens (including phenoxy) is 1. The van der Waals surface area contributed by atoms with E-state index in [2.05, 4.69) is 12.2 Å². The van der Waals surface area contributed by atoms with Gasteiger partial charge in [-0.1, -0.05) is 24.6 Å². The highest BCUT2D eigenvalue weighted by Crippen LogP contribution is 2.28. The second-order valence-electron chi connectivity index (χ2n) is 4.07. The number of hydrogen-bond donors (Lipinski definition) is 1. The van der Waals surface area contributed by atoms with E-state index < -0.39 is 13.0 Å². The van der Waals surface area contributed by atoms with Gasteiger partial charge in [-0.3, -0.25) is 0 Å². The lowest BCUT2D eigenvalue weighted by Crippen LogP contribution is -2.19. The van der Waals surface area contributed by atoms with E-state index >= 15 is 0 Å². The van der Waals surface area contributed by atoms with E-state index in [0.717, 1.165) is 18.5 Å². The summed E-state index contributed by atoms with van der Waals surface area (Å²) in [7, 11) is 0. The van der Waals surface area contributed by atoms with Gasteiger partial charge in [0.05, 0.1) is 5.02 Å². The van der Waals surface area contributed by atoms with E-state index in [1.54, 1.807) is 12.1 Å². The third-order valence-corrected chi connectivity index (χ3v) is 2.82. The molecule has 1 rings (SSSR count). The Morgan fingerprint density at radius 1 is 1.39 bits per heavy atom. The molecular formula is C13H18ClF2NO. The maximum atomic E-state index is 12.0. The Balaban J connectivity index is 2.66. The summed E-state index contributed by atoms with van der Waals surface area (Å²) in [6.45, 7) is 4.40. The Bertz CT molecular complexity index is 374. The molecule has 0 spiro atoms. The van der Waals surface area contributed by atoms with Crippen LogP contribution in [0.4, 0.5) is 8.78 Å². The Labute approximate surface area is 111 Å². The van der Waals surface area contributed by atoms with Gasteiger partial charge >= 0.3 is 0 Å². The summed E-state index contributed by atoms with van der Waals surface area (Å²) in [6, 6.07) is 5.38. The molecule has 0 saturated carbocycles. The summed E-state index contributed by atoms with van der Waals surface area (Å²) in [6.07, 6.45) is -1.45. The lowest BCUT2D eigenvalue weighted by molar-refractivity contribution is 0.0819. The van der Waals surface area contributed by atoms with Crippen molar-refractivity contribution in [3.05, 3.63) is 28.8 Å². The van der Waals surface area contributed by atoms with Gasteiger partial charge < -0.3 is 10.1 Å². The summed E-state index contributed by atoms with van der Waals surface area (Å²) in [5.74, 6) is 0.295. The zero-order chi connectivity index (χ0) is 13.5. The van der Waals surface area contributed by atoms with Crippen LogP contribution in [0.5, 0.6) is 5.75 Å². The smallest absolute Gasteiger partial charge is 0.272 e.